The van der Waals surface area contributed by atoms with Gasteiger partial charge in [-0.15, -0.1) is 0 Å². The summed E-state index contributed by atoms with van der Waals surface area (Å²) in [5.41, 5.74) is 2.04. The fourth-order valence-electron chi connectivity index (χ4n) is 2.54. The van der Waals surface area contributed by atoms with Crippen molar-refractivity contribution in [3.05, 3.63) is 35.4 Å². The molecule has 0 radical (unpaired) electrons. The molecule has 3 nitrogen and oxygen atoms in total. The highest BCUT2D eigenvalue weighted by atomic mass is 16.2. The van der Waals surface area contributed by atoms with Crippen LogP contribution in [0.2, 0.25) is 0 Å². The predicted molar refractivity (Wildman–Crippen MR) is 83.0 cm³/mol. The van der Waals surface area contributed by atoms with E-state index in [2.05, 4.69) is 30.1 Å². The molecule has 0 spiro atoms. The lowest BCUT2D eigenvalue weighted by Crippen LogP contribution is -2.36. The minimum atomic E-state index is 0.216. The third-order valence-corrected chi connectivity index (χ3v) is 3.70. The van der Waals surface area contributed by atoms with Gasteiger partial charge in [-0.05, 0) is 50.4 Å². The molecular formula is C17H26N2O. The molecule has 1 amide bonds. The van der Waals surface area contributed by atoms with E-state index in [9.17, 15) is 4.79 Å². The van der Waals surface area contributed by atoms with Crippen LogP contribution in [-0.2, 0) is 6.42 Å². The first-order chi connectivity index (χ1) is 9.63. The van der Waals surface area contributed by atoms with Crippen LogP contribution in [0.5, 0.6) is 0 Å². The number of hydrogen-bond donors (Lipinski definition) is 1. The number of hydrogen-bond acceptors (Lipinski definition) is 2. The Morgan fingerprint density at radius 3 is 2.65 bits per heavy atom. The van der Waals surface area contributed by atoms with E-state index in [4.69, 9.17) is 0 Å². The molecule has 110 valence electrons. The zero-order valence-corrected chi connectivity index (χ0v) is 12.9. The first-order valence-corrected chi connectivity index (χ1v) is 7.67. The topological polar surface area (TPSA) is 32.3 Å². The number of carbonyl (C=O) groups is 1. The average molecular weight is 274 g/mol. The van der Waals surface area contributed by atoms with Gasteiger partial charge in [-0.3, -0.25) is 4.79 Å². The van der Waals surface area contributed by atoms with Crippen LogP contribution in [0.15, 0.2) is 24.3 Å². The van der Waals surface area contributed by atoms with E-state index >= 15 is 0 Å². The van der Waals surface area contributed by atoms with Gasteiger partial charge in [0.1, 0.15) is 0 Å². The highest BCUT2D eigenvalue weighted by Gasteiger charge is 2.33. The summed E-state index contributed by atoms with van der Waals surface area (Å²) in [4.78, 5) is 14.9. The summed E-state index contributed by atoms with van der Waals surface area (Å²) >= 11 is 0. The van der Waals surface area contributed by atoms with E-state index < -0.39 is 0 Å². The van der Waals surface area contributed by atoms with Gasteiger partial charge in [-0.2, -0.15) is 0 Å². The van der Waals surface area contributed by atoms with Crippen molar-refractivity contribution in [2.75, 3.05) is 20.1 Å². The van der Waals surface area contributed by atoms with Crippen LogP contribution in [0.4, 0.5) is 0 Å². The van der Waals surface area contributed by atoms with Crippen LogP contribution in [0, 0.1) is 5.92 Å². The van der Waals surface area contributed by atoms with E-state index in [1.807, 2.05) is 25.2 Å². The number of benzene rings is 1. The number of carbonyl (C=O) groups excluding carboxylic acids is 1. The molecule has 1 aliphatic carbocycles. The fraction of sp³-hybridized carbons (Fsp3) is 0.588. The molecule has 0 aliphatic heterocycles. The van der Waals surface area contributed by atoms with Gasteiger partial charge in [0, 0.05) is 18.2 Å². The van der Waals surface area contributed by atoms with Crippen molar-refractivity contribution in [3.8, 4) is 0 Å². The lowest BCUT2D eigenvalue weighted by atomic mass is 10.0. The molecule has 0 unspecified atom stereocenters. The quantitative estimate of drug-likeness (QED) is 0.829. The second kappa shape index (κ2) is 6.89. The number of nitrogens with zero attached hydrogens (tertiary/aromatic N) is 1. The predicted octanol–water partition coefficient (Wildman–Crippen LogP) is 2.71. The summed E-state index contributed by atoms with van der Waals surface area (Å²) in [6.45, 7) is 6.12. The maximum absolute atomic E-state index is 12.9. The summed E-state index contributed by atoms with van der Waals surface area (Å²) in [6.07, 6.45) is 3.23. The Bertz CT molecular complexity index is 452. The third-order valence-electron chi connectivity index (χ3n) is 3.70. The van der Waals surface area contributed by atoms with Gasteiger partial charge in [-0.25, -0.2) is 0 Å². The summed E-state index contributed by atoms with van der Waals surface area (Å²) in [7, 11) is 1.94. The van der Waals surface area contributed by atoms with Crippen LogP contribution in [-0.4, -0.2) is 37.0 Å². The Morgan fingerprint density at radius 2 is 2.05 bits per heavy atom. The Labute approximate surface area is 122 Å². The smallest absolute Gasteiger partial charge is 0.254 e. The average Bonchev–Trinajstić information content (AvgIpc) is 3.26. The van der Waals surface area contributed by atoms with E-state index in [-0.39, 0.29) is 5.91 Å². The lowest BCUT2D eigenvalue weighted by Gasteiger charge is -2.25. The molecule has 1 aliphatic rings. The maximum atomic E-state index is 12.9. The van der Waals surface area contributed by atoms with E-state index in [1.165, 1.54) is 0 Å². The van der Waals surface area contributed by atoms with E-state index in [0.717, 1.165) is 43.5 Å². The Morgan fingerprint density at radius 1 is 1.35 bits per heavy atom. The molecule has 0 heterocycles. The zero-order valence-electron chi connectivity index (χ0n) is 12.9. The van der Waals surface area contributed by atoms with Gasteiger partial charge in [0.05, 0.1) is 0 Å². The van der Waals surface area contributed by atoms with Crippen LogP contribution in [0.3, 0.4) is 0 Å². The molecule has 0 bridgehead atoms. The summed E-state index contributed by atoms with van der Waals surface area (Å²) < 4.78 is 0. The number of likely N-dealkylation sites (N-methyl/N-ethyl adjacent to an activating group) is 1. The van der Waals surface area contributed by atoms with Crippen molar-refractivity contribution in [1.29, 1.82) is 0 Å². The monoisotopic (exact) mass is 274 g/mol. The van der Waals surface area contributed by atoms with Gasteiger partial charge in [0.25, 0.3) is 5.91 Å². The molecule has 1 saturated carbocycles. The minimum absolute atomic E-state index is 0.216. The van der Waals surface area contributed by atoms with Crippen LogP contribution < -0.4 is 5.32 Å². The largest absolute Gasteiger partial charge is 0.335 e. The molecule has 3 heteroatoms. The van der Waals surface area contributed by atoms with Crippen molar-refractivity contribution in [1.82, 2.24) is 10.2 Å². The van der Waals surface area contributed by atoms with E-state index in [1.54, 1.807) is 0 Å². The molecule has 20 heavy (non-hydrogen) atoms. The van der Waals surface area contributed by atoms with Crippen molar-refractivity contribution < 1.29 is 4.79 Å². The number of rotatable bonds is 7. The van der Waals surface area contributed by atoms with Crippen molar-refractivity contribution in [2.45, 2.75) is 39.2 Å². The second-order valence-corrected chi connectivity index (χ2v) is 6.09. The molecule has 0 saturated heterocycles. The highest BCUT2D eigenvalue weighted by molar-refractivity contribution is 5.96. The Hall–Kier alpha value is -1.35. The van der Waals surface area contributed by atoms with Crippen LogP contribution in [0.1, 0.15) is 42.6 Å². The highest BCUT2D eigenvalue weighted by Crippen LogP contribution is 2.29. The summed E-state index contributed by atoms with van der Waals surface area (Å²) in [6, 6.07) is 8.51. The molecule has 1 aromatic carbocycles. The lowest BCUT2D eigenvalue weighted by molar-refractivity contribution is 0.0721. The van der Waals surface area contributed by atoms with E-state index in [0.29, 0.717) is 12.0 Å². The molecule has 1 aromatic rings. The molecule has 0 aromatic heterocycles. The zero-order chi connectivity index (χ0) is 14.5. The van der Waals surface area contributed by atoms with Gasteiger partial charge < -0.3 is 10.2 Å². The van der Waals surface area contributed by atoms with Gasteiger partial charge in [0.15, 0.2) is 0 Å². The number of nitrogens with one attached hydrogen (secondary N) is 1. The first kappa shape index (κ1) is 15.0. The molecule has 1 fully saturated rings. The van der Waals surface area contributed by atoms with Gasteiger partial charge >= 0.3 is 0 Å². The summed E-state index contributed by atoms with van der Waals surface area (Å²) in [5.74, 6) is 0.733. The Balaban J connectivity index is 2.17. The van der Waals surface area contributed by atoms with Crippen molar-refractivity contribution in [2.24, 2.45) is 5.92 Å². The summed E-state index contributed by atoms with van der Waals surface area (Å²) in [5, 5.41) is 3.15. The number of amides is 1. The second-order valence-electron chi connectivity index (χ2n) is 6.09. The normalized spacial score (nSPS) is 14.6. The standard InChI is InChI=1S/C17H26N2O/c1-13(2)12-19(15-8-9-15)17(20)16-7-5-4-6-14(16)10-11-18-3/h4-7,13,15,18H,8-12H2,1-3H3. The van der Waals surface area contributed by atoms with Gasteiger partial charge in [0.2, 0.25) is 0 Å². The van der Waals surface area contributed by atoms with Crippen LogP contribution >= 0.6 is 0 Å². The fourth-order valence-corrected chi connectivity index (χ4v) is 2.54. The third kappa shape index (κ3) is 3.83. The molecule has 2 rings (SSSR count). The molecule has 1 N–H and O–H groups in total. The first-order valence-electron chi connectivity index (χ1n) is 7.67. The van der Waals surface area contributed by atoms with Crippen molar-refractivity contribution >= 4 is 5.91 Å². The van der Waals surface area contributed by atoms with Crippen LogP contribution in [0.25, 0.3) is 0 Å². The minimum Gasteiger partial charge on any atom is -0.335 e. The SMILES string of the molecule is CNCCc1ccccc1C(=O)N(CC(C)C)C1CC1. The molecule has 0 atom stereocenters. The van der Waals surface area contributed by atoms with Gasteiger partial charge in [-0.1, -0.05) is 32.0 Å². The van der Waals surface area contributed by atoms with Crippen molar-refractivity contribution in [3.63, 3.8) is 0 Å². The Kier molecular flexibility index (Phi) is 5.18. The maximum Gasteiger partial charge on any atom is 0.254 e. The molecular weight excluding hydrogens is 248 g/mol.